The van der Waals surface area contributed by atoms with Crippen LogP contribution < -0.4 is 0 Å². The lowest BCUT2D eigenvalue weighted by Gasteiger charge is -2.15. The SMILES string of the molecule is COC(c1ccccc1)c1ncc(C)c(C(=O)O)n1. The fraction of sp³-hybridized carbons (Fsp3) is 0.214. The van der Waals surface area contributed by atoms with Gasteiger partial charge in [-0.3, -0.25) is 0 Å². The van der Waals surface area contributed by atoms with E-state index in [-0.39, 0.29) is 5.69 Å². The molecule has 1 aromatic heterocycles. The minimum atomic E-state index is -1.07. The summed E-state index contributed by atoms with van der Waals surface area (Å²) in [6.45, 7) is 1.66. The first-order valence-electron chi connectivity index (χ1n) is 5.78. The predicted molar refractivity (Wildman–Crippen MR) is 69.0 cm³/mol. The molecule has 0 spiro atoms. The molecule has 2 aromatic rings. The van der Waals surface area contributed by atoms with Crippen molar-refractivity contribution in [2.45, 2.75) is 13.0 Å². The summed E-state index contributed by atoms with van der Waals surface area (Å²) < 4.78 is 5.38. The molecule has 98 valence electrons. The summed E-state index contributed by atoms with van der Waals surface area (Å²) in [4.78, 5) is 19.3. The zero-order valence-electron chi connectivity index (χ0n) is 10.7. The normalized spacial score (nSPS) is 12.1. The highest BCUT2D eigenvalue weighted by Gasteiger charge is 2.19. The minimum absolute atomic E-state index is 0.00276. The Kier molecular flexibility index (Phi) is 3.87. The Morgan fingerprint density at radius 1 is 1.32 bits per heavy atom. The molecule has 0 aliphatic rings. The molecular formula is C14H14N2O3. The fourth-order valence-corrected chi connectivity index (χ4v) is 1.82. The van der Waals surface area contributed by atoms with Gasteiger partial charge >= 0.3 is 5.97 Å². The molecule has 1 N–H and O–H groups in total. The number of aromatic carboxylic acids is 1. The average Bonchev–Trinajstić information content (AvgIpc) is 2.42. The van der Waals surface area contributed by atoms with E-state index in [2.05, 4.69) is 9.97 Å². The van der Waals surface area contributed by atoms with Crippen LogP contribution in [-0.4, -0.2) is 28.2 Å². The Labute approximate surface area is 110 Å². The van der Waals surface area contributed by atoms with E-state index in [1.807, 2.05) is 30.3 Å². The Morgan fingerprint density at radius 3 is 2.58 bits per heavy atom. The number of aromatic nitrogens is 2. The van der Waals surface area contributed by atoms with E-state index in [1.165, 1.54) is 6.20 Å². The molecular weight excluding hydrogens is 244 g/mol. The second kappa shape index (κ2) is 5.58. The van der Waals surface area contributed by atoms with Crippen LogP contribution in [0.5, 0.6) is 0 Å². The molecule has 0 radical (unpaired) electrons. The molecule has 1 unspecified atom stereocenters. The molecule has 0 fully saturated rings. The molecule has 5 heteroatoms. The summed E-state index contributed by atoms with van der Waals surface area (Å²) in [5.41, 5.74) is 1.41. The van der Waals surface area contributed by atoms with Gasteiger partial charge in [-0.25, -0.2) is 14.8 Å². The van der Waals surface area contributed by atoms with Crippen LogP contribution in [0.15, 0.2) is 36.5 Å². The molecule has 0 saturated carbocycles. The van der Waals surface area contributed by atoms with Gasteiger partial charge in [-0.2, -0.15) is 0 Å². The van der Waals surface area contributed by atoms with Gasteiger partial charge in [0, 0.05) is 18.9 Å². The third-order valence-corrected chi connectivity index (χ3v) is 2.77. The maximum absolute atomic E-state index is 11.1. The van der Waals surface area contributed by atoms with E-state index in [0.29, 0.717) is 11.4 Å². The smallest absolute Gasteiger partial charge is 0.354 e. The summed E-state index contributed by atoms with van der Waals surface area (Å²) in [5.74, 6) is -0.722. The van der Waals surface area contributed by atoms with Crippen molar-refractivity contribution in [3.8, 4) is 0 Å². The molecule has 0 amide bonds. The van der Waals surface area contributed by atoms with E-state index in [1.54, 1.807) is 14.0 Å². The van der Waals surface area contributed by atoms with E-state index in [4.69, 9.17) is 9.84 Å². The van der Waals surface area contributed by atoms with Gasteiger partial charge in [-0.1, -0.05) is 30.3 Å². The Morgan fingerprint density at radius 2 is 2.00 bits per heavy atom. The van der Waals surface area contributed by atoms with Crippen molar-refractivity contribution in [3.05, 3.63) is 59.2 Å². The molecule has 0 saturated heterocycles. The van der Waals surface area contributed by atoms with Crippen LogP contribution in [0.1, 0.15) is 33.5 Å². The van der Waals surface area contributed by atoms with E-state index >= 15 is 0 Å². The van der Waals surface area contributed by atoms with Crippen LogP contribution in [0.3, 0.4) is 0 Å². The van der Waals surface area contributed by atoms with Gasteiger partial charge < -0.3 is 9.84 Å². The van der Waals surface area contributed by atoms with Gasteiger partial charge in [0.2, 0.25) is 0 Å². The lowest BCUT2D eigenvalue weighted by molar-refractivity contribution is 0.0687. The minimum Gasteiger partial charge on any atom is -0.477 e. The lowest BCUT2D eigenvalue weighted by Crippen LogP contribution is -2.13. The predicted octanol–water partition coefficient (Wildman–Crippen LogP) is 2.22. The number of ether oxygens (including phenoxy) is 1. The van der Waals surface area contributed by atoms with Gasteiger partial charge in [-0.05, 0) is 12.5 Å². The van der Waals surface area contributed by atoms with Crippen LogP contribution in [0.25, 0.3) is 0 Å². The van der Waals surface area contributed by atoms with Crippen molar-refractivity contribution < 1.29 is 14.6 Å². The van der Waals surface area contributed by atoms with Crippen LogP contribution in [0, 0.1) is 6.92 Å². The van der Waals surface area contributed by atoms with Crippen LogP contribution in [-0.2, 0) is 4.74 Å². The maximum atomic E-state index is 11.1. The first kappa shape index (κ1) is 13.2. The molecule has 2 rings (SSSR count). The first-order valence-corrected chi connectivity index (χ1v) is 5.78. The zero-order valence-corrected chi connectivity index (χ0v) is 10.7. The van der Waals surface area contributed by atoms with Crippen molar-refractivity contribution in [3.63, 3.8) is 0 Å². The number of benzene rings is 1. The molecule has 1 aromatic carbocycles. The molecule has 5 nitrogen and oxygen atoms in total. The second-order valence-electron chi connectivity index (χ2n) is 4.09. The number of methoxy groups -OCH3 is 1. The average molecular weight is 258 g/mol. The largest absolute Gasteiger partial charge is 0.477 e. The molecule has 0 aliphatic carbocycles. The van der Waals surface area contributed by atoms with Gasteiger partial charge in [-0.15, -0.1) is 0 Å². The number of carbonyl (C=O) groups is 1. The fourth-order valence-electron chi connectivity index (χ4n) is 1.82. The van der Waals surface area contributed by atoms with Gasteiger partial charge in [0.25, 0.3) is 0 Å². The maximum Gasteiger partial charge on any atom is 0.354 e. The standard InChI is InChI=1S/C14H14N2O3/c1-9-8-15-13(16-11(9)14(17)18)12(19-2)10-6-4-3-5-7-10/h3-8,12H,1-2H3,(H,17,18). The first-order chi connectivity index (χ1) is 9.13. The van der Waals surface area contributed by atoms with Gasteiger partial charge in [0.15, 0.2) is 11.5 Å². The van der Waals surface area contributed by atoms with Crippen LogP contribution in [0.2, 0.25) is 0 Å². The number of rotatable bonds is 4. The highest BCUT2D eigenvalue weighted by molar-refractivity contribution is 5.86. The topological polar surface area (TPSA) is 72.3 Å². The Bertz CT molecular complexity index is 584. The number of nitrogens with zero attached hydrogens (tertiary/aromatic N) is 2. The highest BCUT2D eigenvalue weighted by atomic mass is 16.5. The highest BCUT2D eigenvalue weighted by Crippen LogP contribution is 2.22. The zero-order chi connectivity index (χ0) is 13.8. The third-order valence-electron chi connectivity index (χ3n) is 2.77. The second-order valence-corrected chi connectivity index (χ2v) is 4.09. The Hall–Kier alpha value is -2.27. The lowest BCUT2D eigenvalue weighted by atomic mass is 10.1. The number of hydrogen-bond donors (Lipinski definition) is 1. The summed E-state index contributed by atoms with van der Waals surface area (Å²) in [7, 11) is 1.54. The van der Waals surface area contributed by atoms with Crippen molar-refractivity contribution >= 4 is 5.97 Å². The molecule has 1 atom stereocenters. The van der Waals surface area contributed by atoms with Crippen molar-refractivity contribution in [2.24, 2.45) is 0 Å². The van der Waals surface area contributed by atoms with Crippen molar-refractivity contribution in [2.75, 3.05) is 7.11 Å². The van der Waals surface area contributed by atoms with Crippen molar-refractivity contribution in [1.82, 2.24) is 9.97 Å². The van der Waals surface area contributed by atoms with Gasteiger partial charge in [0.1, 0.15) is 6.10 Å². The van der Waals surface area contributed by atoms with E-state index in [9.17, 15) is 4.79 Å². The summed E-state index contributed by atoms with van der Waals surface area (Å²) in [5, 5.41) is 9.08. The van der Waals surface area contributed by atoms with E-state index in [0.717, 1.165) is 5.56 Å². The number of carboxylic acid groups (broad SMARTS) is 1. The molecule has 0 bridgehead atoms. The molecule has 0 aliphatic heterocycles. The summed E-state index contributed by atoms with van der Waals surface area (Å²) in [6.07, 6.45) is 1.03. The number of aryl methyl sites for hydroxylation is 1. The van der Waals surface area contributed by atoms with Crippen LogP contribution in [0.4, 0.5) is 0 Å². The Balaban J connectivity index is 2.45. The molecule has 19 heavy (non-hydrogen) atoms. The monoisotopic (exact) mass is 258 g/mol. The van der Waals surface area contributed by atoms with Gasteiger partial charge in [0.05, 0.1) is 0 Å². The number of carboxylic acids is 1. The van der Waals surface area contributed by atoms with Crippen LogP contribution >= 0.6 is 0 Å². The third kappa shape index (κ3) is 2.77. The summed E-state index contributed by atoms with van der Waals surface area (Å²) in [6, 6.07) is 9.44. The quantitative estimate of drug-likeness (QED) is 0.910. The summed E-state index contributed by atoms with van der Waals surface area (Å²) >= 11 is 0. The molecule has 1 heterocycles. The number of hydrogen-bond acceptors (Lipinski definition) is 4. The van der Waals surface area contributed by atoms with Crippen molar-refractivity contribution in [1.29, 1.82) is 0 Å². The van der Waals surface area contributed by atoms with E-state index < -0.39 is 12.1 Å².